The van der Waals surface area contributed by atoms with E-state index in [0.717, 1.165) is 17.5 Å². The number of fused-ring (bicyclic) bond motifs is 1. The molecule has 1 heterocycles. The van der Waals surface area contributed by atoms with Crippen molar-refractivity contribution in [1.29, 1.82) is 0 Å². The molecule has 1 saturated carbocycles. The van der Waals surface area contributed by atoms with E-state index < -0.39 is 5.97 Å². The number of para-hydroxylation sites is 1. The van der Waals surface area contributed by atoms with Crippen LogP contribution in [0, 0.1) is 5.92 Å². The number of benzene rings is 1. The van der Waals surface area contributed by atoms with Crippen molar-refractivity contribution >= 4 is 45.0 Å². The first-order valence-corrected chi connectivity index (χ1v) is 7.73. The molecule has 0 saturated heterocycles. The van der Waals surface area contributed by atoms with E-state index in [1.807, 2.05) is 12.1 Å². The normalized spacial score (nSPS) is 15.4. The summed E-state index contributed by atoms with van der Waals surface area (Å²) in [5.41, 5.74) is 0.705. The molecule has 0 aliphatic heterocycles. The second kappa shape index (κ2) is 5.61. The summed E-state index contributed by atoms with van der Waals surface area (Å²) in [4.78, 5) is 28.2. The van der Waals surface area contributed by atoms with Crippen LogP contribution in [0.25, 0.3) is 10.2 Å². The van der Waals surface area contributed by atoms with Crippen molar-refractivity contribution in [2.24, 2.45) is 10.9 Å². The number of esters is 1. The molecule has 3 rings (SSSR count). The number of carbonyl (C=O) groups excluding carboxylic acids is 2. The number of methoxy groups -OCH3 is 1. The Morgan fingerprint density at radius 2 is 2.24 bits per heavy atom. The summed E-state index contributed by atoms with van der Waals surface area (Å²) in [5, 5.41) is 0.521. The summed E-state index contributed by atoms with van der Waals surface area (Å²) in [5.74, 6) is -0.497. The molecule has 0 radical (unpaired) electrons. The molecular formula is C14H13ClN2O3S. The van der Waals surface area contributed by atoms with Crippen LogP contribution < -0.4 is 4.80 Å². The number of amides is 1. The van der Waals surface area contributed by atoms with Crippen LogP contribution in [0.1, 0.15) is 12.8 Å². The molecule has 7 heteroatoms. The number of aromatic nitrogens is 1. The maximum absolute atomic E-state index is 11.9. The Labute approximate surface area is 129 Å². The molecule has 0 atom stereocenters. The minimum atomic E-state index is -0.407. The van der Waals surface area contributed by atoms with E-state index in [0.29, 0.717) is 15.3 Å². The van der Waals surface area contributed by atoms with E-state index >= 15 is 0 Å². The zero-order valence-electron chi connectivity index (χ0n) is 11.3. The lowest BCUT2D eigenvalue weighted by atomic mass is 10.3. The molecule has 1 aliphatic carbocycles. The number of ether oxygens (including phenoxy) is 1. The van der Waals surface area contributed by atoms with Crippen molar-refractivity contribution in [2.75, 3.05) is 7.11 Å². The standard InChI is InChI=1S/C14H13ClN2O3S/c1-20-11(18)7-17-12-9(15)3-2-4-10(12)21-14(17)16-13(19)8-5-6-8/h2-4,8H,5-7H2,1H3. The molecule has 110 valence electrons. The van der Waals surface area contributed by atoms with Gasteiger partial charge in [-0.1, -0.05) is 29.0 Å². The van der Waals surface area contributed by atoms with Gasteiger partial charge in [0.25, 0.3) is 5.91 Å². The molecule has 0 bridgehead atoms. The summed E-state index contributed by atoms with van der Waals surface area (Å²) in [6, 6.07) is 5.47. The highest BCUT2D eigenvalue weighted by atomic mass is 35.5. The van der Waals surface area contributed by atoms with Gasteiger partial charge in [0.1, 0.15) is 6.54 Å². The monoisotopic (exact) mass is 324 g/mol. The van der Waals surface area contributed by atoms with Gasteiger partial charge < -0.3 is 9.30 Å². The van der Waals surface area contributed by atoms with Crippen molar-refractivity contribution in [1.82, 2.24) is 4.57 Å². The smallest absolute Gasteiger partial charge is 0.325 e. The third kappa shape index (κ3) is 2.87. The van der Waals surface area contributed by atoms with Crippen molar-refractivity contribution < 1.29 is 14.3 Å². The molecule has 1 aromatic heterocycles. The average Bonchev–Trinajstić information content (AvgIpc) is 3.25. The predicted octanol–water partition coefficient (Wildman–Crippen LogP) is 2.37. The largest absolute Gasteiger partial charge is 0.468 e. The molecule has 0 N–H and O–H groups in total. The number of nitrogens with zero attached hydrogens (tertiary/aromatic N) is 2. The highest BCUT2D eigenvalue weighted by Crippen LogP contribution is 2.30. The van der Waals surface area contributed by atoms with E-state index in [9.17, 15) is 9.59 Å². The lowest BCUT2D eigenvalue weighted by Crippen LogP contribution is -2.22. The van der Waals surface area contributed by atoms with Crippen molar-refractivity contribution in [2.45, 2.75) is 19.4 Å². The van der Waals surface area contributed by atoms with Gasteiger partial charge in [-0.15, -0.1) is 0 Å². The Hall–Kier alpha value is -1.66. The fraction of sp³-hybridized carbons (Fsp3) is 0.357. The lowest BCUT2D eigenvalue weighted by molar-refractivity contribution is -0.141. The summed E-state index contributed by atoms with van der Waals surface area (Å²) in [6.07, 6.45) is 1.79. The molecule has 21 heavy (non-hydrogen) atoms. The highest BCUT2D eigenvalue weighted by molar-refractivity contribution is 7.16. The van der Waals surface area contributed by atoms with E-state index in [1.165, 1.54) is 18.4 Å². The van der Waals surface area contributed by atoms with Gasteiger partial charge in [0.2, 0.25) is 0 Å². The molecule has 1 aromatic carbocycles. The van der Waals surface area contributed by atoms with Crippen LogP contribution in [-0.2, 0) is 20.9 Å². The van der Waals surface area contributed by atoms with E-state index in [2.05, 4.69) is 4.99 Å². The van der Waals surface area contributed by atoms with Gasteiger partial charge in [-0.3, -0.25) is 9.59 Å². The summed E-state index contributed by atoms with van der Waals surface area (Å²) in [7, 11) is 1.32. The quantitative estimate of drug-likeness (QED) is 0.814. The van der Waals surface area contributed by atoms with Gasteiger partial charge in [0.05, 0.1) is 22.3 Å². The fourth-order valence-corrected chi connectivity index (χ4v) is 3.42. The van der Waals surface area contributed by atoms with Crippen LogP contribution in [-0.4, -0.2) is 23.6 Å². The number of carbonyl (C=O) groups is 2. The topological polar surface area (TPSA) is 60.7 Å². The van der Waals surface area contributed by atoms with Gasteiger partial charge in [0, 0.05) is 5.92 Å². The SMILES string of the molecule is COC(=O)Cn1c(=NC(=O)C2CC2)sc2cccc(Cl)c21. The Morgan fingerprint density at radius 3 is 2.90 bits per heavy atom. The number of thiazole rings is 1. The molecule has 1 fully saturated rings. The molecule has 1 aliphatic rings. The first kappa shape index (κ1) is 14.3. The van der Waals surface area contributed by atoms with Crippen LogP contribution >= 0.6 is 22.9 Å². The number of hydrogen-bond donors (Lipinski definition) is 0. The van der Waals surface area contributed by atoms with Crippen molar-refractivity contribution in [3.8, 4) is 0 Å². The third-order valence-electron chi connectivity index (χ3n) is 3.30. The van der Waals surface area contributed by atoms with Crippen LogP contribution in [0.15, 0.2) is 23.2 Å². The van der Waals surface area contributed by atoms with Crippen molar-refractivity contribution in [3.63, 3.8) is 0 Å². The van der Waals surface area contributed by atoms with Crippen LogP contribution in [0.4, 0.5) is 0 Å². The Balaban J connectivity index is 2.17. The summed E-state index contributed by atoms with van der Waals surface area (Å²) in [6.45, 7) is -0.0169. The van der Waals surface area contributed by atoms with Crippen LogP contribution in [0.3, 0.4) is 0 Å². The maximum Gasteiger partial charge on any atom is 0.325 e. The Morgan fingerprint density at radius 1 is 1.48 bits per heavy atom. The van der Waals surface area contributed by atoms with E-state index in [1.54, 1.807) is 10.6 Å². The summed E-state index contributed by atoms with van der Waals surface area (Å²) < 4.78 is 7.24. The van der Waals surface area contributed by atoms with Crippen molar-refractivity contribution in [3.05, 3.63) is 28.0 Å². The predicted molar refractivity (Wildman–Crippen MR) is 80.1 cm³/mol. The first-order valence-electron chi connectivity index (χ1n) is 6.53. The van der Waals surface area contributed by atoms with E-state index in [-0.39, 0.29) is 18.4 Å². The molecule has 0 spiro atoms. The maximum atomic E-state index is 11.9. The van der Waals surface area contributed by atoms with Gasteiger partial charge >= 0.3 is 5.97 Å². The first-order chi connectivity index (χ1) is 10.1. The molecule has 1 amide bonds. The summed E-state index contributed by atoms with van der Waals surface area (Å²) >= 11 is 7.57. The van der Waals surface area contributed by atoms with Gasteiger partial charge in [-0.2, -0.15) is 4.99 Å². The van der Waals surface area contributed by atoms with Crippen LogP contribution in [0.2, 0.25) is 5.02 Å². The minimum absolute atomic E-state index is 0.0169. The van der Waals surface area contributed by atoms with Crippen LogP contribution in [0.5, 0.6) is 0 Å². The Kier molecular flexibility index (Phi) is 3.82. The van der Waals surface area contributed by atoms with Gasteiger partial charge in [-0.05, 0) is 25.0 Å². The highest BCUT2D eigenvalue weighted by Gasteiger charge is 2.29. The van der Waals surface area contributed by atoms with Gasteiger partial charge in [0.15, 0.2) is 4.80 Å². The second-order valence-corrected chi connectivity index (χ2v) is 6.27. The average molecular weight is 325 g/mol. The number of rotatable bonds is 3. The second-order valence-electron chi connectivity index (χ2n) is 4.86. The number of halogens is 1. The molecule has 2 aromatic rings. The third-order valence-corrected chi connectivity index (χ3v) is 4.65. The molecule has 5 nitrogen and oxygen atoms in total. The lowest BCUT2D eigenvalue weighted by Gasteiger charge is -2.04. The zero-order chi connectivity index (χ0) is 15.0. The van der Waals surface area contributed by atoms with E-state index in [4.69, 9.17) is 16.3 Å². The fourth-order valence-electron chi connectivity index (χ4n) is 2.03. The minimum Gasteiger partial charge on any atom is -0.468 e. The molecule has 0 unspecified atom stereocenters. The Bertz CT molecular complexity index is 789. The number of hydrogen-bond acceptors (Lipinski definition) is 4. The van der Waals surface area contributed by atoms with Gasteiger partial charge in [-0.25, -0.2) is 0 Å². The molecular weight excluding hydrogens is 312 g/mol. The zero-order valence-corrected chi connectivity index (χ0v) is 12.9.